The van der Waals surface area contributed by atoms with Crippen molar-refractivity contribution in [2.75, 3.05) is 7.11 Å². The lowest BCUT2D eigenvalue weighted by Gasteiger charge is -2.60. The van der Waals surface area contributed by atoms with Crippen LogP contribution in [0.15, 0.2) is 23.1 Å². The van der Waals surface area contributed by atoms with Crippen molar-refractivity contribution in [3.63, 3.8) is 0 Å². The predicted molar refractivity (Wildman–Crippen MR) is 127 cm³/mol. The standard InChI is InChI=1S/C28H40O2S/c1-6-21-24(30-15-19-11-17(2)16-31-19)13-23-20-12-25(29-5)28-14-18(28)7-10-27(28,4)22(20)8-9-26(21,23)3/h6,11,16,18,20,22-25H,7-10,12-15H2,1-5H3/b21-6-/t18-,20-,22+,23+,24-,25-,26-,27-,28+/m1/s1. The molecule has 3 heteroatoms. The summed E-state index contributed by atoms with van der Waals surface area (Å²) in [4.78, 5) is 1.36. The van der Waals surface area contributed by atoms with Gasteiger partial charge in [0, 0.05) is 17.4 Å². The summed E-state index contributed by atoms with van der Waals surface area (Å²) in [6.45, 7) is 10.4. The van der Waals surface area contributed by atoms with Crippen molar-refractivity contribution in [3.05, 3.63) is 33.5 Å². The summed E-state index contributed by atoms with van der Waals surface area (Å²) in [5.41, 5.74) is 4.29. The molecule has 170 valence electrons. The first-order valence-electron chi connectivity index (χ1n) is 12.7. The summed E-state index contributed by atoms with van der Waals surface area (Å²) in [6, 6.07) is 2.29. The molecule has 0 N–H and O–H groups in total. The largest absolute Gasteiger partial charge is 0.381 e. The van der Waals surface area contributed by atoms with Crippen molar-refractivity contribution in [3.8, 4) is 0 Å². The van der Waals surface area contributed by atoms with Gasteiger partial charge in [-0.25, -0.2) is 0 Å². The Labute approximate surface area is 192 Å². The number of methoxy groups -OCH3 is 1. The van der Waals surface area contributed by atoms with Gasteiger partial charge in [-0.15, -0.1) is 11.3 Å². The van der Waals surface area contributed by atoms with E-state index in [4.69, 9.17) is 9.47 Å². The third-order valence-corrected chi connectivity index (χ3v) is 12.2. The SMILES string of the molecule is C/C=C1/[C@H](OCc2cc(C)cs2)C[C@H]2[C@@H]3C[C@@H](OC)[C@]45C[C@H]4CC[C@]5(C)[C@H]3CC[C@]12C. The summed E-state index contributed by atoms with van der Waals surface area (Å²) >= 11 is 1.84. The maximum Gasteiger partial charge on any atom is 0.0817 e. The zero-order valence-corrected chi connectivity index (χ0v) is 20.9. The molecule has 0 unspecified atom stereocenters. The first-order chi connectivity index (χ1) is 14.9. The molecule has 0 radical (unpaired) electrons. The van der Waals surface area contributed by atoms with Crippen molar-refractivity contribution in [2.24, 2.45) is 39.9 Å². The summed E-state index contributed by atoms with van der Waals surface area (Å²) in [5, 5.41) is 2.24. The molecule has 9 atom stereocenters. The summed E-state index contributed by atoms with van der Waals surface area (Å²) < 4.78 is 12.9. The highest BCUT2D eigenvalue weighted by Gasteiger charge is 2.77. The first kappa shape index (κ1) is 20.9. The fourth-order valence-corrected chi connectivity index (χ4v) is 10.6. The van der Waals surface area contributed by atoms with E-state index in [1.54, 1.807) is 5.57 Å². The van der Waals surface area contributed by atoms with E-state index in [1.165, 1.54) is 55.4 Å². The molecule has 1 spiro atoms. The van der Waals surface area contributed by atoms with Gasteiger partial charge in [0.2, 0.25) is 0 Å². The molecule has 5 aliphatic carbocycles. The Morgan fingerprint density at radius 3 is 2.68 bits per heavy atom. The van der Waals surface area contributed by atoms with Gasteiger partial charge in [-0.3, -0.25) is 0 Å². The molecule has 0 saturated heterocycles. The Morgan fingerprint density at radius 1 is 1.16 bits per heavy atom. The monoisotopic (exact) mass is 440 g/mol. The Morgan fingerprint density at radius 2 is 2.00 bits per heavy atom. The number of thiophene rings is 1. The molecule has 6 rings (SSSR count). The van der Waals surface area contributed by atoms with Crippen LogP contribution in [-0.2, 0) is 16.1 Å². The van der Waals surface area contributed by atoms with Crippen LogP contribution in [0.4, 0.5) is 0 Å². The average molecular weight is 441 g/mol. The van der Waals surface area contributed by atoms with Gasteiger partial charge in [0.05, 0.1) is 18.8 Å². The number of rotatable bonds is 4. The lowest BCUT2D eigenvalue weighted by molar-refractivity contribution is -0.152. The molecular formula is C28H40O2S. The average Bonchev–Trinajstić information content (AvgIpc) is 3.02. The van der Waals surface area contributed by atoms with Crippen molar-refractivity contribution in [1.82, 2.24) is 0 Å². The molecule has 1 aromatic rings. The highest BCUT2D eigenvalue weighted by molar-refractivity contribution is 7.10. The number of ether oxygens (including phenoxy) is 2. The van der Waals surface area contributed by atoms with Crippen molar-refractivity contribution in [1.29, 1.82) is 0 Å². The van der Waals surface area contributed by atoms with Gasteiger partial charge in [0.25, 0.3) is 0 Å². The van der Waals surface area contributed by atoms with Crippen molar-refractivity contribution < 1.29 is 9.47 Å². The molecule has 0 amide bonds. The molecule has 31 heavy (non-hydrogen) atoms. The Hall–Kier alpha value is -0.640. The van der Waals surface area contributed by atoms with Gasteiger partial charge in [-0.2, -0.15) is 0 Å². The second-order valence-electron chi connectivity index (χ2n) is 12.1. The Bertz CT molecular complexity index is 903. The Balaban J connectivity index is 1.29. The molecule has 1 aromatic heterocycles. The van der Waals surface area contributed by atoms with Crippen LogP contribution < -0.4 is 0 Å². The van der Waals surface area contributed by atoms with E-state index in [9.17, 15) is 0 Å². The van der Waals surface area contributed by atoms with Crippen LogP contribution in [0, 0.1) is 46.8 Å². The topological polar surface area (TPSA) is 18.5 Å². The first-order valence-corrected chi connectivity index (χ1v) is 13.6. The van der Waals surface area contributed by atoms with Crippen LogP contribution in [0.1, 0.15) is 76.2 Å². The number of allylic oxidation sites excluding steroid dienone is 1. The third kappa shape index (κ3) is 2.63. The van der Waals surface area contributed by atoms with Crippen LogP contribution >= 0.6 is 11.3 Å². The van der Waals surface area contributed by atoms with E-state index in [2.05, 4.69) is 45.2 Å². The summed E-state index contributed by atoms with van der Waals surface area (Å²) in [7, 11) is 2.00. The summed E-state index contributed by atoms with van der Waals surface area (Å²) in [5.74, 6) is 3.39. The van der Waals surface area contributed by atoms with Crippen LogP contribution in [-0.4, -0.2) is 19.3 Å². The molecule has 5 saturated carbocycles. The van der Waals surface area contributed by atoms with E-state index in [0.717, 1.165) is 30.3 Å². The molecular weight excluding hydrogens is 400 g/mol. The molecule has 2 nitrogen and oxygen atoms in total. The molecule has 0 aliphatic heterocycles. The highest BCUT2D eigenvalue weighted by Crippen LogP contribution is 2.82. The number of fused-ring (bicyclic) bond motifs is 4. The lowest BCUT2D eigenvalue weighted by Crippen LogP contribution is -2.56. The maximum atomic E-state index is 6.65. The van der Waals surface area contributed by atoms with Gasteiger partial charge in [0.15, 0.2) is 0 Å². The quantitative estimate of drug-likeness (QED) is 0.462. The number of hydrogen-bond acceptors (Lipinski definition) is 3. The molecule has 5 fully saturated rings. The molecule has 0 bridgehead atoms. The van der Waals surface area contributed by atoms with Crippen LogP contribution in [0.2, 0.25) is 0 Å². The van der Waals surface area contributed by atoms with Crippen LogP contribution in [0.25, 0.3) is 0 Å². The van der Waals surface area contributed by atoms with E-state index in [0.29, 0.717) is 28.5 Å². The molecule has 1 heterocycles. The Kier molecular flexibility index (Phi) is 4.68. The van der Waals surface area contributed by atoms with E-state index in [-0.39, 0.29) is 0 Å². The number of aryl methyl sites for hydroxylation is 1. The smallest absolute Gasteiger partial charge is 0.0817 e. The fraction of sp³-hybridized carbons (Fsp3) is 0.786. The second-order valence-corrected chi connectivity index (χ2v) is 13.1. The minimum atomic E-state index is 0.295. The zero-order valence-electron chi connectivity index (χ0n) is 20.1. The zero-order chi connectivity index (χ0) is 21.6. The third-order valence-electron chi connectivity index (χ3n) is 11.2. The molecule has 5 aliphatic rings. The van der Waals surface area contributed by atoms with E-state index < -0.39 is 0 Å². The van der Waals surface area contributed by atoms with E-state index >= 15 is 0 Å². The van der Waals surface area contributed by atoms with Gasteiger partial charge in [-0.1, -0.05) is 19.9 Å². The lowest BCUT2D eigenvalue weighted by atomic mass is 9.46. The van der Waals surface area contributed by atoms with Gasteiger partial charge < -0.3 is 9.47 Å². The summed E-state index contributed by atoms with van der Waals surface area (Å²) in [6.07, 6.45) is 12.8. The van der Waals surface area contributed by atoms with E-state index in [1.807, 2.05) is 18.4 Å². The maximum absolute atomic E-state index is 6.65. The van der Waals surface area contributed by atoms with Gasteiger partial charge in [0.1, 0.15) is 0 Å². The number of hydrogen-bond donors (Lipinski definition) is 0. The van der Waals surface area contributed by atoms with Crippen molar-refractivity contribution >= 4 is 11.3 Å². The van der Waals surface area contributed by atoms with Gasteiger partial charge >= 0.3 is 0 Å². The highest BCUT2D eigenvalue weighted by atomic mass is 32.1. The minimum Gasteiger partial charge on any atom is -0.381 e. The van der Waals surface area contributed by atoms with Crippen LogP contribution in [0.5, 0.6) is 0 Å². The predicted octanol–water partition coefficient (Wildman–Crippen LogP) is 7.17. The van der Waals surface area contributed by atoms with Gasteiger partial charge in [-0.05, 0) is 116 Å². The van der Waals surface area contributed by atoms with Crippen molar-refractivity contribution in [2.45, 2.75) is 91.5 Å². The minimum absolute atomic E-state index is 0.295. The normalized spacial score (nSPS) is 51.3. The molecule has 0 aromatic carbocycles. The van der Waals surface area contributed by atoms with Crippen LogP contribution in [0.3, 0.4) is 0 Å². The second kappa shape index (κ2) is 6.93. The fourth-order valence-electron chi connectivity index (χ4n) is 9.84.